The van der Waals surface area contributed by atoms with Crippen LogP contribution in [0, 0.1) is 22.7 Å². The van der Waals surface area contributed by atoms with Gasteiger partial charge in [0.15, 0.2) is 0 Å². The molecule has 3 aliphatic carbocycles. The van der Waals surface area contributed by atoms with Gasteiger partial charge in [-0.15, -0.1) is 0 Å². The maximum Gasteiger partial charge on any atom is 0.302 e. The van der Waals surface area contributed by atoms with Gasteiger partial charge in [-0.1, -0.05) is 34.6 Å². The number of carbonyl (C=O) groups excluding carboxylic acids is 3. The summed E-state index contributed by atoms with van der Waals surface area (Å²) in [5.74, 6) is -1.41. The van der Waals surface area contributed by atoms with Gasteiger partial charge in [-0.3, -0.25) is 14.4 Å². The number of allylic oxidation sites excluding steroid dienone is 3. The highest BCUT2D eigenvalue weighted by atomic mass is 16.5. The Labute approximate surface area is 160 Å². The molecular formula is C22H30O5. The zero-order valence-corrected chi connectivity index (χ0v) is 17.1. The fraction of sp³-hybridized carbons (Fsp3) is 0.682. The van der Waals surface area contributed by atoms with Gasteiger partial charge in [0.1, 0.15) is 11.9 Å². The highest BCUT2D eigenvalue weighted by molar-refractivity contribution is 6.50. The van der Waals surface area contributed by atoms with Crippen LogP contribution >= 0.6 is 0 Å². The lowest BCUT2D eigenvalue weighted by atomic mass is 9.48. The molecule has 1 N–H and O–H groups in total. The van der Waals surface area contributed by atoms with Crippen molar-refractivity contribution in [2.75, 3.05) is 0 Å². The first kappa shape index (κ1) is 19.8. The summed E-state index contributed by atoms with van der Waals surface area (Å²) in [5, 5.41) is 10.8. The molecule has 0 heterocycles. The van der Waals surface area contributed by atoms with Crippen LogP contribution in [0.5, 0.6) is 0 Å². The van der Waals surface area contributed by atoms with Gasteiger partial charge in [0.25, 0.3) is 0 Å². The fourth-order valence-corrected chi connectivity index (χ4v) is 5.86. The molecular weight excluding hydrogens is 344 g/mol. The van der Waals surface area contributed by atoms with Crippen LogP contribution in [0.15, 0.2) is 22.5 Å². The number of fused-ring (bicyclic) bond motifs is 2. The molecule has 0 radical (unpaired) electrons. The summed E-state index contributed by atoms with van der Waals surface area (Å²) in [6, 6.07) is 0. The molecule has 0 aliphatic heterocycles. The second-order valence-corrected chi connectivity index (χ2v) is 9.40. The van der Waals surface area contributed by atoms with Gasteiger partial charge in [-0.2, -0.15) is 0 Å². The van der Waals surface area contributed by atoms with Crippen molar-refractivity contribution >= 4 is 17.5 Å². The average molecular weight is 374 g/mol. The number of aliphatic hydroxyl groups is 1. The lowest BCUT2D eigenvalue weighted by molar-refractivity contribution is -0.167. The van der Waals surface area contributed by atoms with Crippen LogP contribution in [-0.4, -0.2) is 28.7 Å². The van der Waals surface area contributed by atoms with Crippen molar-refractivity contribution in [2.24, 2.45) is 22.7 Å². The summed E-state index contributed by atoms with van der Waals surface area (Å²) in [6.07, 6.45) is 2.43. The Morgan fingerprint density at radius 1 is 1.15 bits per heavy atom. The highest BCUT2D eigenvalue weighted by Crippen LogP contribution is 2.61. The predicted octanol–water partition coefficient (Wildman–Crippen LogP) is 4.07. The second-order valence-electron chi connectivity index (χ2n) is 9.40. The van der Waals surface area contributed by atoms with E-state index >= 15 is 0 Å². The molecule has 0 aromatic carbocycles. The van der Waals surface area contributed by atoms with Crippen LogP contribution in [0.4, 0.5) is 0 Å². The summed E-state index contributed by atoms with van der Waals surface area (Å²) < 4.78 is 5.59. The van der Waals surface area contributed by atoms with Crippen LogP contribution in [0.2, 0.25) is 0 Å². The summed E-state index contributed by atoms with van der Waals surface area (Å²) in [7, 11) is 0. The molecule has 1 saturated carbocycles. The molecule has 3 rings (SSSR count). The summed E-state index contributed by atoms with van der Waals surface area (Å²) >= 11 is 0. The van der Waals surface area contributed by atoms with E-state index in [0.29, 0.717) is 30.4 Å². The summed E-state index contributed by atoms with van der Waals surface area (Å²) in [5.41, 5.74) is 0.576. The third kappa shape index (κ3) is 2.77. The molecule has 0 bridgehead atoms. The zero-order valence-electron chi connectivity index (χ0n) is 17.1. The molecule has 0 spiro atoms. The Balaban J connectivity index is 2.11. The Hall–Kier alpha value is -1.91. The molecule has 0 aromatic heterocycles. The average Bonchev–Trinajstić information content (AvgIpc) is 2.54. The van der Waals surface area contributed by atoms with Crippen LogP contribution in [0.25, 0.3) is 0 Å². The number of hydrogen-bond acceptors (Lipinski definition) is 5. The Morgan fingerprint density at radius 2 is 1.78 bits per heavy atom. The van der Waals surface area contributed by atoms with E-state index in [-0.39, 0.29) is 40.7 Å². The molecule has 0 aromatic rings. The molecule has 3 atom stereocenters. The van der Waals surface area contributed by atoms with Gasteiger partial charge in [0.05, 0.1) is 0 Å². The van der Waals surface area contributed by atoms with E-state index < -0.39 is 17.0 Å². The van der Waals surface area contributed by atoms with Crippen LogP contribution in [0.3, 0.4) is 0 Å². The van der Waals surface area contributed by atoms with Gasteiger partial charge >= 0.3 is 5.97 Å². The smallest absolute Gasteiger partial charge is 0.302 e. The van der Waals surface area contributed by atoms with Crippen molar-refractivity contribution in [2.45, 2.75) is 73.3 Å². The maximum absolute atomic E-state index is 13.1. The fourth-order valence-electron chi connectivity index (χ4n) is 5.86. The minimum Gasteiger partial charge on any atom is -0.507 e. The highest BCUT2D eigenvalue weighted by Gasteiger charge is 2.58. The van der Waals surface area contributed by atoms with Crippen LogP contribution < -0.4 is 0 Å². The molecule has 5 nitrogen and oxygen atoms in total. The van der Waals surface area contributed by atoms with Crippen molar-refractivity contribution in [1.29, 1.82) is 0 Å². The monoisotopic (exact) mass is 374 g/mol. The molecule has 0 amide bonds. The van der Waals surface area contributed by atoms with E-state index in [1.807, 2.05) is 20.8 Å². The van der Waals surface area contributed by atoms with Gasteiger partial charge in [-0.05, 0) is 37.5 Å². The van der Waals surface area contributed by atoms with E-state index in [0.717, 1.165) is 6.42 Å². The topological polar surface area (TPSA) is 80.7 Å². The van der Waals surface area contributed by atoms with Crippen molar-refractivity contribution < 1.29 is 24.2 Å². The minimum atomic E-state index is -0.567. The first-order valence-corrected chi connectivity index (χ1v) is 9.86. The third-order valence-electron chi connectivity index (χ3n) is 7.08. The predicted molar refractivity (Wildman–Crippen MR) is 101 cm³/mol. The number of esters is 1. The van der Waals surface area contributed by atoms with E-state index in [1.54, 1.807) is 0 Å². The Kier molecular flexibility index (Phi) is 4.64. The first-order chi connectivity index (χ1) is 12.4. The zero-order chi connectivity index (χ0) is 20.3. The number of rotatable bonds is 2. The maximum atomic E-state index is 13.1. The lowest BCUT2D eigenvalue weighted by Gasteiger charge is -2.57. The Morgan fingerprint density at radius 3 is 2.33 bits per heavy atom. The summed E-state index contributed by atoms with van der Waals surface area (Å²) in [4.78, 5) is 37.4. The minimum absolute atomic E-state index is 0.0178. The second kappa shape index (κ2) is 6.32. The molecule has 1 fully saturated rings. The van der Waals surface area contributed by atoms with Gasteiger partial charge in [0, 0.05) is 34.5 Å². The summed E-state index contributed by atoms with van der Waals surface area (Å²) in [6.45, 7) is 11.3. The standard InChI is InChI=1S/C22H30O5/c1-11(2)16-18(24)13-7-8-14-21(4,5)15(27-12(3)23)9-10-22(14,6)17(13)20(26)19(16)25/h11,14-15,24H,7-10H2,1-6H3. The Bertz CT molecular complexity index is 783. The number of Topliss-reactive ketones (excluding diaryl/α,β-unsaturated/α-hetero) is 2. The molecule has 0 saturated heterocycles. The molecule has 5 heteroatoms. The number of hydrogen-bond donors (Lipinski definition) is 1. The van der Waals surface area contributed by atoms with E-state index in [2.05, 4.69) is 13.8 Å². The van der Waals surface area contributed by atoms with Crippen molar-refractivity contribution in [1.82, 2.24) is 0 Å². The van der Waals surface area contributed by atoms with Gasteiger partial charge in [0.2, 0.25) is 11.6 Å². The third-order valence-corrected chi connectivity index (χ3v) is 7.08. The first-order valence-electron chi connectivity index (χ1n) is 9.86. The lowest BCUT2D eigenvalue weighted by Crippen LogP contribution is -2.55. The van der Waals surface area contributed by atoms with Crippen molar-refractivity contribution in [3.63, 3.8) is 0 Å². The normalized spacial score (nSPS) is 33.1. The number of ether oxygens (including phenoxy) is 1. The van der Waals surface area contributed by atoms with Gasteiger partial charge < -0.3 is 9.84 Å². The largest absolute Gasteiger partial charge is 0.507 e. The van der Waals surface area contributed by atoms with Gasteiger partial charge in [-0.25, -0.2) is 0 Å². The molecule has 3 aliphatic rings. The molecule has 148 valence electrons. The number of ketones is 2. The van der Waals surface area contributed by atoms with Crippen LogP contribution in [-0.2, 0) is 19.1 Å². The van der Waals surface area contributed by atoms with Crippen LogP contribution in [0.1, 0.15) is 67.2 Å². The van der Waals surface area contributed by atoms with E-state index in [9.17, 15) is 19.5 Å². The molecule has 3 unspecified atom stereocenters. The van der Waals surface area contributed by atoms with E-state index in [4.69, 9.17) is 4.74 Å². The number of carbonyl (C=O) groups is 3. The van der Waals surface area contributed by atoms with Crippen molar-refractivity contribution in [3.8, 4) is 0 Å². The van der Waals surface area contributed by atoms with Crippen molar-refractivity contribution in [3.05, 3.63) is 22.5 Å². The number of aliphatic hydroxyl groups excluding tert-OH is 1. The quantitative estimate of drug-likeness (QED) is 0.448. The molecule has 27 heavy (non-hydrogen) atoms. The SMILES string of the molecule is CC(=O)OC1CCC2(C)C3=C(CCC2C1(C)C)C(O)=C(C(C)C)C(=O)C3=O. The van der Waals surface area contributed by atoms with E-state index in [1.165, 1.54) is 6.92 Å².